The predicted octanol–water partition coefficient (Wildman–Crippen LogP) is 5.02. The lowest BCUT2D eigenvalue weighted by atomic mass is 9.71. The summed E-state index contributed by atoms with van der Waals surface area (Å²) >= 11 is 3.55. The van der Waals surface area contributed by atoms with E-state index in [0.717, 1.165) is 27.0 Å². The second kappa shape index (κ2) is 11.3. The highest BCUT2D eigenvalue weighted by Gasteiger charge is 2.42. The highest BCUT2D eigenvalue weighted by atomic mass is 79.9. The first kappa shape index (κ1) is 26.0. The highest BCUT2D eigenvalue weighted by Crippen LogP contribution is 2.47. The predicted molar refractivity (Wildman–Crippen MR) is 139 cm³/mol. The molecule has 1 heterocycles. The summed E-state index contributed by atoms with van der Waals surface area (Å²) < 4.78 is 22.2. The van der Waals surface area contributed by atoms with Crippen LogP contribution in [0.15, 0.2) is 69.5 Å². The van der Waals surface area contributed by atoms with Crippen LogP contribution in [-0.4, -0.2) is 46.3 Å². The summed E-state index contributed by atoms with van der Waals surface area (Å²) in [7, 11) is 4.78. The van der Waals surface area contributed by atoms with E-state index in [1.54, 1.807) is 21.3 Å². The molecule has 2 aromatic carbocycles. The average molecular weight is 556 g/mol. The Morgan fingerprint density at radius 1 is 1.03 bits per heavy atom. The van der Waals surface area contributed by atoms with Crippen LogP contribution in [0.4, 0.5) is 0 Å². The van der Waals surface area contributed by atoms with Crippen LogP contribution < -0.4 is 14.8 Å². The number of methoxy groups -OCH3 is 3. The van der Waals surface area contributed by atoms with E-state index in [1.165, 1.54) is 0 Å². The van der Waals surface area contributed by atoms with Crippen LogP contribution in [0.3, 0.4) is 0 Å². The van der Waals surface area contributed by atoms with Crippen molar-refractivity contribution in [3.63, 3.8) is 0 Å². The Morgan fingerprint density at radius 2 is 1.78 bits per heavy atom. The fourth-order valence-corrected chi connectivity index (χ4v) is 5.58. The van der Waals surface area contributed by atoms with Crippen molar-refractivity contribution in [2.24, 2.45) is 0 Å². The van der Waals surface area contributed by atoms with E-state index in [4.69, 9.17) is 18.9 Å². The zero-order valence-electron chi connectivity index (χ0n) is 20.9. The van der Waals surface area contributed by atoms with E-state index >= 15 is 0 Å². The number of carbonyl (C=O) groups excluding carboxylic acids is 2. The van der Waals surface area contributed by atoms with Gasteiger partial charge in [0, 0.05) is 42.3 Å². The van der Waals surface area contributed by atoms with Crippen LogP contribution in [0.1, 0.15) is 42.7 Å². The fraction of sp³-hybridized carbons (Fsp3) is 0.357. The minimum atomic E-state index is -0.565. The zero-order chi connectivity index (χ0) is 25.8. The summed E-state index contributed by atoms with van der Waals surface area (Å²) in [6, 6.07) is 13.4. The van der Waals surface area contributed by atoms with Gasteiger partial charge in [-0.15, -0.1) is 0 Å². The van der Waals surface area contributed by atoms with Crippen molar-refractivity contribution in [2.75, 3.05) is 34.5 Å². The molecule has 1 aliphatic carbocycles. The van der Waals surface area contributed by atoms with Crippen molar-refractivity contribution in [3.05, 3.63) is 80.6 Å². The van der Waals surface area contributed by atoms with Crippen LogP contribution in [0.5, 0.6) is 11.5 Å². The maximum Gasteiger partial charge on any atom is 0.336 e. The summed E-state index contributed by atoms with van der Waals surface area (Å²) in [5.41, 5.74) is 4.32. The Morgan fingerprint density at radius 3 is 2.47 bits per heavy atom. The van der Waals surface area contributed by atoms with Crippen LogP contribution in [0.25, 0.3) is 0 Å². The van der Waals surface area contributed by atoms with Gasteiger partial charge in [-0.05, 0) is 58.6 Å². The largest absolute Gasteiger partial charge is 0.496 e. The second-order valence-corrected chi connectivity index (χ2v) is 9.64. The quantitative estimate of drug-likeness (QED) is 0.361. The number of Topliss-reactive ketones (excluding diaryl/α,β-unsaturated/α-hetero) is 1. The molecule has 0 radical (unpaired) electrons. The van der Waals surface area contributed by atoms with Crippen molar-refractivity contribution >= 4 is 27.7 Å². The molecule has 8 heteroatoms. The van der Waals surface area contributed by atoms with E-state index < -0.39 is 11.9 Å². The lowest BCUT2D eigenvalue weighted by Gasteiger charge is -2.37. The molecule has 0 saturated carbocycles. The Hall–Kier alpha value is -3.10. The Kier molecular flexibility index (Phi) is 8.16. The number of nitrogens with one attached hydrogen (secondary N) is 1. The first-order valence-corrected chi connectivity index (χ1v) is 12.5. The molecule has 0 aromatic heterocycles. The summed E-state index contributed by atoms with van der Waals surface area (Å²) in [5.74, 6) is 0.348. The number of dihydropyridines is 1. The molecule has 1 aliphatic heterocycles. The third-order valence-electron chi connectivity index (χ3n) is 6.66. The zero-order valence-corrected chi connectivity index (χ0v) is 22.4. The van der Waals surface area contributed by atoms with Gasteiger partial charge in [-0.2, -0.15) is 0 Å². The number of hydrogen-bond acceptors (Lipinski definition) is 7. The molecule has 2 aliphatic rings. The molecule has 0 fully saturated rings. The summed E-state index contributed by atoms with van der Waals surface area (Å²) in [6.45, 7) is 2.26. The number of rotatable bonds is 8. The van der Waals surface area contributed by atoms with Crippen molar-refractivity contribution in [3.8, 4) is 11.5 Å². The van der Waals surface area contributed by atoms with Gasteiger partial charge >= 0.3 is 5.97 Å². The van der Waals surface area contributed by atoms with Gasteiger partial charge in [-0.1, -0.05) is 24.3 Å². The first-order valence-electron chi connectivity index (χ1n) is 11.8. The molecule has 0 saturated heterocycles. The van der Waals surface area contributed by atoms with E-state index in [1.807, 2.05) is 49.4 Å². The standard InChI is InChI=1S/C28H30BrNO6/c1-16-25(28(32)36-12-11-33-2)26(17-9-10-24(35-4)20(29)13-17)27-21(30-16)14-18(15-22(27)31)19-7-5-6-8-23(19)34-3/h5-10,13,18,26,30H,11-12,14-15H2,1-4H3/t18-,26+/m1/s1. The molecule has 2 aromatic rings. The van der Waals surface area contributed by atoms with Gasteiger partial charge < -0.3 is 24.3 Å². The SMILES string of the molecule is COCCOC(=O)C1=C(C)NC2=C(C(=O)C[C@H](c3ccccc3OC)C2)[C@H]1c1ccc(OC)c(Br)c1. The number of esters is 1. The lowest BCUT2D eigenvalue weighted by molar-refractivity contribution is -0.140. The lowest BCUT2D eigenvalue weighted by Crippen LogP contribution is -2.36. The van der Waals surface area contributed by atoms with Crippen LogP contribution in [0, 0.1) is 0 Å². The minimum absolute atomic E-state index is 0.00807. The Balaban J connectivity index is 1.78. The van der Waals surface area contributed by atoms with Crippen LogP contribution in [-0.2, 0) is 19.1 Å². The first-order chi connectivity index (χ1) is 17.4. The van der Waals surface area contributed by atoms with Crippen molar-refractivity contribution in [1.29, 1.82) is 0 Å². The number of halogens is 1. The molecule has 7 nitrogen and oxygen atoms in total. The molecule has 2 atom stereocenters. The Labute approximate surface area is 219 Å². The average Bonchev–Trinajstić information content (AvgIpc) is 2.87. The maximum absolute atomic E-state index is 13.8. The van der Waals surface area contributed by atoms with E-state index in [2.05, 4.69) is 21.2 Å². The molecule has 190 valence electrons. The van der Waals surface area contributed by atoms with Crippen molar-refractivity contribution in [1.82, 2.24) is 5.32 Å². The topological polar surface area (TPSA) is 83.1 Å². The molecule has 0 bridgehead atoms. The van der Waals surface area contributed by atoms with E-state index in [9.17, 15) is 9.59 Å². The van der Waals surface area contributed by atoms with Gasteiger partial charge in [0.05, 0.1) is 30.9 Å². The van der Waals surface area contributed by atoms with E-state index in [-0.39, 0.29) is 24.9 Å². The monoisotopic (exact) mass is 555 g/mol. The fourth-order valence-electron chi connectivity index (χ4n) is 5.02. The van der Waals surface area contributed by atoms with Gasteiger partial charge in [0.1, 0.15) is 18.1 Å². The van der Waals surface area contributed by atoms with Gasteiger partial charge in [-0.25, -0.2) is 4.79 Å². The molecule has 36 heavy (non-hydrogen) atoms. The van der Waals surface area contributed by atoms with E-state index in [0.29, 0.717) is 35.4 Å². The van der Waals surface area contributed by atoms with Crippen molar-refractivity contribution < 1.29 is 28.5 Å². The third-order valence-corrected chi connectivity index (χ3v) is 7.28. The number of ketones is 1. The number of ether oxygens (including phenoxy) is 4. The van der Waals surface area contributed by atoms with Crippen molar-refractivity contribution in [2.45, 2.75) is 31.6 Å². The number of benzene rings is 2. The second-order valence-electron chi connectivity index (χ2n) is 8.78. The van der Waals surface area contributed by atoms with Gasteiger partial charge in [0.15, 0.2) is 5.78 Å². The van der Waals surface area contributed by atoms with Gasteiger partial charge in [0.25, 0.3) is 0 Å². The minimum Gasteiger partial charge on any atom is -0.496 e. The number of allylic oxidation sites excluding steroid dienone is 3. The third kappa shape index (κ3) is 5.06. The summed E-state index contributed by atoms with van der Waals surface area (Å²) in [4.78, 5) is 27.0. The molecule has 0 unspecified atom stereocenters. The highest BCUT2D eigenvalue weighted by molar-refractivity contribution is 9.10. The summed E-state index contributed by atoms with van der Waals surface area (Å²) in [5, 5.41) is 3.37. The maximum atomic E-state index is 13.8. The van der Waals surface area contributed by atoms with Crippen LogP contribution in [0.2, 0.25) is 0 Å². The smallest absolute Gasteiger partial charge is 0.336 e. The molecular weight excluding hydrogens is 526 g/mol. The number of para-hydroxylation sites is 1. The molecular formula is C28H30BrNO6. The van der Waals surface area contributed by atoms with Crippen LogP contribution >= 0.6 is 15.9 Å². The molecule has 1 N–H and O–H groups in total. The molecule has 0 spiro atoms. The normalized spacial score (nSPS) is 19.5. The van der Waals surface area contributed by atoms with Gasteiger partial charge in [0.2, 0.25) is 0 Å². The molecule has 4 rings (SSSR count). The Bertz CT molecular complexity index is 1230. The molecule has 0 amide bonds. The number of hydrogen-bond donors (Lipinski definition) is 1. The number of carbonyl (C=O) groups is 2. The van der Waals surface area contributed by atoms with Gasteiger partial charge in [-0.3, -0.25) is 4.79 Å². The summed E-state index contributed by atoms with van der Waals surface area (Å²) in [6.07, 6.45) is 0.943.